The van der Waals surface area contributed by atoms with E-state index in [2.05, 4.69) is 35.8 Å². The van der Waals surface area contributed by atoms with Crippen molar-refractivity contribution in [3.8, 4) is 0 Å². The Balaban J connectivity index is 0.00000192. The third-order valence-electron chi connectivity index (χ3n) is 5.30. The summed E-state index contributed by atoms with van der Waals surface area (Å²) < 4.78 is 0. The van der Waals surface area contributed by atoms with Crippen LogP contribution >= 0.6 is 12.4 Å². The monoisotopic (exact) mass is 336 g/mol. The van der Waals surface area contributed by atoms with Gasteiger partial charge in [0, 0.05) is 6.54 Å². The summed E-state index contributed by atoms with van der Waals surface area (Å²) in [6.07, 6.45) is 7.78. The van der Waals surface area contributed by atoms with Gasteiger partial charge in [-0.25, -0.2) is 0 Å². The molecule has 3 nitrogen and oxygen atoms in total. The molecule has 0 saturated carbocycles. The molecule has 4 heteroatoms. The maximum Gasteiger partial charge on any atom is 0.224 e. The molecule has 1 fully saturated rings. The minimum Gasteiger partial charge on any atom is -0.355 e. The number of benzene rings is 1. The Morgan fingerprint density at radius 2 is 1.87 bits per heavy atom. The van der Waals surface area contributed by atoms with E-state index < -0.39 is 0 Å². The van der Waals surface area contributed by atoms with Gasteiger partial charge in [-0.15, -0.1) is 12.4 Å². The number of carbonyl (C=O) groups is 1. The van der Waals surface area contributed by atoms with Crippen LogP contribution in [0.2, 0.25) is 0 Å². The normalized spacial score (nSPS) is 19.3. The lowest BCUT2D eigenvalue weighted by Gasteiger charge is -2.34. The number of hydrogen-bond donors (Lipinski definition) is 2. The van der Waals surface area contributed by atoms with Crippen molar-refractivity contribution < 1.29 is 4.79 Å². The summed E-state index contributed by atoms with van der Waals surface area (Å²) in [4.78, 5) is 12.2. The van der Waals surface area contributed by atoms with Crippen molar-refractivity contribution in [1.29, 1.82) is 0 Å². The van der Waals surface area contributed by atoms with Crippen molar-refractivity contribution in [1.82, 2.24) is 10.6 Å². The van der Waals surface area contributed by atoms with E-state index in [1.54, 1.807) is 0 Å². The van der Waals surface area contributed by atoms with Crippen molar-refractivity contribution in [2.45, 2.75) is 51.9 Å². The zero-order chi connectivity index (χ0) is 15.4. The molecule has 0 unspecified atom stereocenters. The van der Waals surface area contributed by atoms with Gasteiger partial charge in [-0.3, -0.25) is 4.79 Å². The molecular formula is C19H29ClN2O. The van der Waals surface area contributed by atoms with Gasteiger partial charge in [0.1, 0.15) is 0 Å². The largest absolute Gasteiger partial charge is 0.355 e. The summed E-state index contributed by atoms with van der Waals surface area (Å²) in [5, 5.41) is 6.54. The number of fused-ring (bicyclic) bond motifs is 1. The van der Waals surface area contributed by atoms with Crippen LogP contribution in [0.5, 0.6) is 0 Å². The molecule has 0 spiro atoms. The number of hydrogen-bond acceptors (Lipinski definition) is 2. The lowest BCUT2D eigenvalue weighted by atomic mass is 9.81. The van der Waals surface area contributed by atoms with E-state index in [1.165, 1.54) is 36.8 Å². The van der Waals surface area contributed by atoms with Crippen LogP contribution in [0.1, 0.15) is 49.3 Å². The third kappa shape index (κ3) is 4.95. The third-order valence-corrected chi connectivity index (χ3v) is 5.30. The van der Waals surface area contributed by atoms with Crippen molar-refractivity contribution in [2.75, 3.05) is 19.6 Å². The number of aryl methyl sites for hydroxylation is 2. The Morgan fingerprint density at radius 1 is 1.17 bits per heavy atom. The van der Waals surface area contributed by atoms with Crippen molar-refractivity contribution in [3.63, 3.8) is 0 Å². The first kappa shape index (κ1) is 18.3. The first-order chi connectivity index (χ1) is 10.6. The number of amides is 1. The number of rotatable bonds is 4. The number of piperidine rings is 1. The second-order valence-corrected chi connectivity index (χ2v) is 7.32. The average molecular weight is 337 g/mol. The van der Waals surface area contributed by atoms with E-state index in [9.17, 15) is 4.79 Å². The molecule has 1 saturated heterocycles. The zero-order valence-electron chi connectivity index (χ0n) is 14.1. The maximum atomic E-state index is 12.2. The molecular weight excluding hydrogens is 308 g/mol. The van der Waals surface area contributed by atoms with Crippen LogP contribution in [0.3, 0.4) is 0 Å². The van der Waals surface area contributed by atoms with Crippen LogP contribution < -0.4 is 10.6 Å². The van der Waals surface area contributed by atoms with Gasteiger partial charge in [-0.1, -0.05) is 25.1 Å². The lowest BCUT2D eigenvalue weighted by molar-refractivity contribution is -0.121. The second-order valence-electron chi connectivity index (χ2n) is 7.32. The van der Waals surface area contributed by atoms with Gasteiger partial charge in [0.05, 0.1) is 6.42 Å². The second kappa shape index (κ2) is 8.16. The van der Waals surface area contributed by atoms with E-state index in [0.717, 1.165) is 38.0 Å². The Bertz CT molecular complexity index is 538. The molecule has 1 aromatic rings. The fourth-order valence-electron chi connectivity index (χ4n) is 3.66. The Labute approximate surface area is 146 Å². The smallest absolute Gasteiger partial charge is 0.224 e. The van der Waals surface area contributed by atoms with Gasteiger partial charge in [0.25, 0.3) is 0 Å². The van der Waals surface area contributed by atoms with E-state index in [1.807, 2.05) is 0 Å². The first-order valence-electron chi connectivity index (χ1n) is 8.73. The molecule has 0 aromatic heterocycles. The molecule has 3 rings (SSSR count). The average Bonchev–Trinajstić information content (AvgIpc) is 2.54. The predicted octanol–water partition coefficient (Wildman–Crippen LogP) is 3.04. The molecule has 23 heavy (non-hydrogen) atoms. The van der Waals surface area contributed by atoms with Gasteiger partial charge < -0.3 is 10.6 Å². The van der Waals surface area contributed by atoms with E-state index in [-0.39, 0.29) is 23.7 Å². The summed E-state index contributed by atoms with van der Waals surface area (Å²) in [6, 6.07) is 6.61. The first-order valence-corrected chi connectivity index (χ1v) is 8.73. The zero-order valence-corrected chi connectivity index (χ0v) is 14.9. The van der Waals surface area contributed by atoms with Gasteiger partial charge in [-0.2, -0.15) is 0 Å². The quantitative estimate of drug-likeness (QED) is 0.887. The Morgan fingerprint density at radius 3 is 2.61 bits per heavy atom. The van der Waals surface area contributed by atoms with Crippen molar-refractivity contribution in [2.24, 2.45) is 5.41 Å². The van der Waals surface area contributed by atoms with Crippen LogP contribution in [0.15, 0.2) is 18.2 Å². The summed E-state index contributed by atoms with van der Waals surface area (Å²) >= 11 is 0. The van der Waals surface area contributed by atoms with Crippen LogP contribution in [0, 0.1) is 5.41 Å². The fourth-order valence-corrected chi connectivity index (χ4v) is 3.66. The van der Waals surface area contributed by atoms with E-state index >= 15 is 0 Å². The van der Waals surface area contributed by atoms with Gasteiger partial charge >= 0.3 is 0 Å². The summed E-state index contributed by atoms with van der Waals surface area (Å²) in [6.45, 7) is 5.22. The molecule has 128 valence electrons. The highest BCUT2D eigenvalue weighted by Gasteiger charge is 2.26. The van der Waals surface area contributed by atoms with E-state index in [4.69, 9.17) is 0 Å². The molecule has 0 atom stereocenters. The Kier molecular flexibility index (Phi) is 6.49. The van der Waals surface area contributed by atoms with Crippen molar-refractivity contribution >= 4 is 18.3 Å². The molecule has 1 heterocycles. The molecule has 1 aromatic carbocycles. The number of carbonyl (C=O) groups excluding carboxylic acids is 1. The Hall–Kier alpha value is -1.06. The topological polar surface area (TPSA) is 41.1 Å². The van der Waals surface area contributed by atoms with Crippen LogP contribution in [-0.4, -0.2) is 25.5 Å². The lowest BCUT2D eigenvalue weighted by Crippen LogP contribution is -2.43. The molecule has 1 aliphatic heterocycles. The molecule has 2 aliphatic rings. The van der Waals surface area contributed by atoms with Crippen LogP contribution in [0.4, 0.5) is 0 Å². The van der Waals surface area contributed by atoms with Crippen molar-refractivity contribution in [3.05, 3.63) is 34.9 Å². The van der Waals surface area contributed by atoms with Gasteiger partial charge in [0.2, 0.25) is 5.91 Å². The van der Waals surface area contributed by atoms with Gasteiger partial charge in [0.15, 0.2) is 0 Å². The highest BCUT2D eigenvalue weighted by atomic mass is 35.5. The standard InChI is InChI=1S/C19H28N2O.ClH/c1-19(8-10-20-11-9-19)14-21-18(22)13-15-6-7-16-4-2-3-5-17(16)12-15;/h6-7,12,20H,2-5,8-11,13-14H2,1H3,(H,21,22);1H. The highest BCUT2D eigenvalue weighted by Crippen LogP contribution is 2.27. The van der Waals surface area contributed by atoms with Crippen LogP contribution in [0.25, 0.3) is 0 Å². The molecule has 2 N–H and O–H groups in total. The molecule has 0 bridgehead atoms. The van der Waals surface area contributed by atoms with E-state index in [0.29, 0.717) is 6.42 Å². The fraction of sp³-hybridized carbons (Fsp3) is 0.632. The minimum absolute atomic E-state index is 0. The SMILES string of the molecule is CC1(CNC(=O)Cc2ccc3c(c2)CCCC3)CCNCC1.Cl. The van der Waals surface area contributed by atoms with Crippen LogP contribution in [-0.2, 0) is 24.1 Å². The predicted molar refractivity (Wildman–Crippen MR) is 97.3 cm³/mol. The summed E-state index contributed by atoms with van der Waals surface area (Å²) in [5.74, 6) is 0.163. The molecule has 0 radical (unpaired) electrons. The minimum atomic E-state index is 0. The maximum absolute atomic E-state index is 12.2. The van der Waals surface area contributed by atoms with Gasteiger partial charge in [-0.05, 0) is 73.7 Å². The molecule has 1 amide bonds. The summed E-state index contributed by atoms with van der Waals surface area (Å²) in [5.41, 5.74) is 4.37. The molecule has 1 aliphatic carbocycles. The highest BCUT2D eigenvalue weighted by molar-refractivity contribution is 5.85. The number of nitrogens with one attached hydrogen (secondary N) is 2. The summed E-state index contributed by atoms with van der Waals surface area (Å²) in [7, 11) is 0. The number of halogens is 1.